The molecule has 28 heavy (non-hydrogen) atoms. The number of likely N-dealkylation sites (tertiary alicyclic amines) is 1. The Morgan fingerprint density at radius 1 is 1.14 bits per heavy atom. The van der Waals surface area contributed by atoms with Gasteiger partial charge >= 0.3 is 0 Å². The van der Waals surface area contributed by atoms with Crippen molar-refractivity contribution in [1.82, 2.24) is 14.5 Å². The van der Waals surface area contributed by atoms with Crippen molar-refractivity contribution in [3.63, 3.8) is 0 Å². The highest BCUT2D eigenvalue weighted by molar-refractivity contribution is 5.78. The Morgan fingerprint density at radius 3 is 2.57 bits per heavy atom. The number of aryl methyl sites for hydroxylation is 1. The predicted octanol–water partition coefficient (Wildman–Crippen LogP) is 3.38. The average molecular weight is 379 g/mol. The fraction of sp³-hybridized carbons (Fsp3) is 0.273. The minimum atomic E-state index is -0.328. The molecule has 1 aromatic heterocycles. The number of carbonyl (C=O) groups is 1. The SMILES string of the molecule is Cc1cnc(C2CN(C(=O)COc3ccc(F)cc3)C2)n1Cc1ccccc1. The van der Waals surface area contributed by atoms with Crippen LogP contribution in [0.4, 0.5) is 4.39 Å². The van der Waals surface area contributed by atoms with Crippen LogP contribution in [-0.2, 0) is 11.3 Å². The second-order valence-electron chi connectivity index (χ2n) is 7.07. The minimum absolute atomic E-state index is 0.0458. The summed E-state index contributed by atoms with van der Waals surface area (Å²) in [7, 11) is 0. The molecule has 0 unspecified atom stereocenters. The van der Waals surface area contributed by atoms with Crippen molar-refractivity contribution in [2.45, 2.75) is 19.4 Å². The molecule has 5 nitrogen and oxygen atoms in total. The molecule has 0 spiro atoms. The van der Waals surface area contributed by atoms with Crippen molar-refractivity contribution in [2.75, 3.05) is 19.7 Å². The lowest BCUT2D eigenvalue weighted by atomic mass is 9.99. The molecule has 144 valence electrons. The highest BCUT2D eigenvalue weighted by Crippen LogP contribution is 2.27. The Morgan fingerprint density at radius 2 is 1.86 bits per heavy atom. The molecule has 0 radical (unpaired) electrons. The lowest BCUT2D eigenvalue weighted by molar-refractivity contribution is -0.138. The molecule has 0 saturated carbocycles. The molecule has 1 aliphatic heterocycles. The van der Waals surface area contributed by atoms with Crippen LogP contribution in [0.2, 0.25) is 0 Å². The summed E-state index contributed by atoms with van der Waals surface area (Å²) in [5.74, 6) is 1.34. The van der Waals surface area contributed by atoms with E-state index < -0.39 is 0 Å². The number of halogens is 1. The molecule has 0 atom stereocenters. The molecule has 1 aliphatic rings. The molecular weight excluding hydrogens is 357 g/mol. The van der Waals surface area contributed by atoms with Crippen molar-refractivity contribution in [2.24, 2.45) is 0 Å². The van der Waals surface area contributed by atoms with E-state index in [2.05, 4.69) is 28.6 Å². The number of ether oxygens (including phenoxy) is 1. The summed E-state index contributed by atoms with van der Waals surface area (Å²) in [4.78, 5) is 18.7. The molecule has 1 saturated heterocycles. The zero-order valence-corrected chi connectivity index (χ0v) is 15.7. The van der Waals surface area contributed by atoms with Gasteiger partial charge in [-0.2, -0.15) is 0 Å². The molecule has 0 bridgehead atoms. The van der Waals surface area contributed by atoms with E-state index in [4.69, 9.17) is 4.74 Å². The quantitative estimate of drug-likeness (QED) is 0.660. The van der Waals surface area contributed by atoms with Crippen LogP contribution in [0, 0.1) is 12.7 Å². The topological polar surface area (TPSA) is 47.4 Å². The fourth-order valence-corrected chi connectivity index (χ4v) is 3.39. The second kappa shape index (κ2) is 7.84. The standard InChI is InChI=1S/C22H22FN3O2/c1-16-11-24-22(26(16)12-17-5-3-2-4-6-17)18-13-25(14-18)21(27)15-28-20-9-7-19(23)8-10-20/h2-11,18H,12-15H2,1H3. The first-order valence-electron chi connectivity index (χ1n) is 9.32. The van der Waals surface area contributed by atoms with Gasteiger partial charge in [0.2, 0.25) is 0 Å². The van der Waals surface area contributed by atoms with Crippen LogP contribution in [0.1, 0.15) is 23.0 Å². The number of amides is 1. The van der Waals surface area contributed by atoms with Crippen molar-refractivity contribution in [3.8, 4) is 5.75 Å². The minimum Gasteiger partial charge on any atom is -0.484 e. The molecule has 0 aliphatic carbocycles. The van der Waals surface area contributed by atoms with Gasteiger partial charge in [-0.25, -0.2) is 9.37 Å². The Hall–Kier alpha value is -3.15. The van der Waals surface area contributed by atoms with Gasteiger partial charge in [-0.05, 0) is 36.8 Å². The molecule has 0 N–H and O–H groups in total. The summed E-state index contributed by atoms with van der Waals surface area (Å²) in [5, 5.41) is 0. The number of hydrogen-bond acceptors (Lipinski definition) is 3. The molecule has 2 heterocycles. The van der Waals surface area contributed by atoms with Gasteiger partial charge < -0.3 is 14.2 Å². The average Bonchev–Trinajstić information content (AvgIpc) is 3.01. The van der Waals surface area contributed by atoms with E-state index in [9.17, 15) is 9.18 Å². The van der Waals surface area contributed by atoms with Crippen LogP contribution in [0.25, 0.3) is 0 Å². The molecule has 6 heteroatoms. The van der Waals surface area contributed by atoms with Crippen LogP contribution in [-0.4, -0.2) is 40.1 Å². The summed E-state index contributed by atoms with van der Waals surface area (Å²) >= 11 is 0. The number of carbonyl (C=O) groups excluding carboxylic acids is 1. The number of aromatic nitrogens is 2. The van der Waals surface area contributed by atoms with E-state index in [1.807, 2.05) is 24.4 Å². The number of imidazole rings is 1. The molecule has 4 rings (SSSR count). The first-order valence-corrected chi connectivity index (χ1v) is 9.32. The summed E-state index contributed by atoms with van der Waals surface area (Å²) < 4.78 is 20.6. The summed E-state index contributed by atoms with van der Waals surface area (Å²) in [5.41, 5.74) is 2.34. The number of rotatable bonds is 6. The van der Waals surface area contributed by atoms with E-state index >= 15 is 0 Å². The molecule has 3 aromatic rings. The van der Waals surface area contributed by atoms with E-state index in [-0.39, 0.29) is 24.2 Å². The van der Waals surface area contributed by atoms with E-state index in [0.29, 0.717) is 18.8 Å². The summed E-state index contributed by atoms with van der Waals surface area (Å²) in [6.07, 6.45) is 1.89. The first kappa shape index (κ1) is 18.2. The lowest BCUT2D eigenvalue weighted by Gasteiger charge is -2.39. The van der Waals surface area contributed by atoms with Crippen molar-refractivity contribution < 1.29 is 13.9 Å². The molecule has 2 aromatic carbocycles. The van der Waals surface area contributed by atoms with Gasteiger partial charge in [0, 0.05) is 31.5 Å². The second-order valence-corrected chi connectivity index (χ2v) is 7.07. The Balaban J connectivity index is 1.33. The van der Waals surface area contributed by atoms with Gasteiger partial charge in [0.05, 0.1) is 5.92 Å². The third kappa shape index (κ3) is 3.91. The highest BCUT2D eigenvalue weighted by Gasteiger charge is 2.34. The van der Waals surface area contributed by atoms with Crippen molar-refractivity contribution >= 4 is 5.91 Å². The van der Waals surface area contributed by atoms with Crippen LogP contribution in [0.3, 0.4) is 0 Å². The molecular formula is C22H22FN3O2. The Bertz CT molecular complexity index is 948. The maximum atomic E-state index is 12.9. The largest absolute Gasteiger partial charge is 0.484 e. The maximum absolute atomic E-state index is 12.9. The van der Waals surface area contributed by atoms with Gasteiger partial charge in [0.1, 0.15) is 17.4 Å². The zero-order chi connectivity index (χ0) is 19.5. The van der Waals surface area contributed by atoms with E-state index in [0.717, 1.165) is 18.1 Å². The van der Waals surface area contributed by atoms with Gasteiger partial charge in [0.25, 0.3) is 5.91 Å². The Kier molecular flexibility index (Phi) is 5.10. The number of nitrogens with zero attached hydrogens (tertiary/aromatic N) is 3. The third-order valence-electron chi connectivity index (χ3n) is 5.04. The van der Waals surface area contributed by atoms with Crippen LogP contribution in [0.15, 0.2) is 60.8 Å². The van der Waals surface area contributed by atoms with Gasteiger partial charge in [-0.1, -0.05) is 30.3 Å². The lowest BCUT2D eigenvalue weighted by Crippen LogP contribution is -2.51. The van der Waals surface area contributed by atoms with Crippen LogP contribution < -0.4 is 4.74 Å². The monoisotopic (exact) mass is 379 g/mol. The van der Waals surface area contributed by atoms with Gasteiger partial charge in [0.15, 0.2) is 6.61 Å². The summed E-state index contributed by atoms with van der Waals surface area (Å²) in [6, 6.07) is 15.9. The van der Waals surface area contributed by atoms with Crippen LogP contribution in [0.5, 0.6) is 5.75 Å². The number of benzene rings is 2. The van der Waals surface area contributed by atoms with Crippen molar-refractivity contribution in [3.05, 3.63) is 83.7 Å². The fourth-order valence-electron chi connectivity index (χ4n) is 3.39. The normalized spacial score (nSPS) is 14.0. The predicted molar refractivity (Wildman–Crippen MR) is 104 cm³/mol. The van der Waals surface area contributed by atoms with E-state index in [1.165, 1.54) is 29.8 Å². The summed E-state index contributed by atoms with van der Waals surface area (Å²) in [6.45, 7) is 4.06. The van der Waals surface area contributed by atoms with Crippen LogP contribution >= 0.6 is 0 Å². The smallest absolute Gasteiger partial charge is 0.260 e. The molecule has 1 fully saturated rings. The van der Waals surface area contributed by atoms with Crippen molar-refractivity contribution in [1.29, 1.82) is 0 Å². The third-order valence-corrected chi connectivity index (χ3v) is 5.04. The highest BCUT2D eigenvalue weighted by atomic mass is 19.1. The number of hydrogen-bond donors (Lipinski definition) is 0. The Labute approximate surface area is 163 Å². The maximum Gasteiger partial charge on any atom is 0.260 e. The van der Waals surface area contributed by atoms with Gasteiger partial charge in [-0.3, -0.25) is 4.79 Å². The first-order chi connectivity index (χ1) is 13.6. The van der Waals surface area contributed by atoms with E-state index in [1.54, 1.807) is 4.90 Å². The van der Waals surface area contributed by atoms with Gasteiger partial charge in [-0.15, -0.1) is 0 Å². The molecule has 1 amide bonds. The zero-order valence-electron chi connectivity index (χ0n) is 15.7.